The van der Waals surface area contributed by atoms with E-state index in [4.69, 9.17) is 10.1 Å². The van der Waals surface area contributed by atoms with Crippen molar-refractivity contribution in [3.63, 3.8) is 0 Å². The molecule has 0 spiro atoms. The number of fused-ring (bicyclic) bond motifs is 2. The largest absolute Gasteiger partial charge is 0.396 e. The number of aromatic nitrogens is 1. The van der Waals surface area contributed by atoms with Crippen molar-refractivity contribution >= 4 is 44.8 Å². The predicted molar refractivity (Wildman–Crippen MR) is 172 cm³/mol. The number of hydrazone groups is 1. The Bertz CT molecular complexity index is 1470. The number of rotatable bonds is 6. The van der Waals surface area contributed by atoms with Crippen molar-refractivity contribution in [1.82, 2.24) is 15.3 Å². The lowest BCUT2D eigenvalue weighted by atomic mass is 9.71. The highest BCUT2D eigenvalue weighted by Gasteiger charge is 2.30. The number of carbonyl (C=O) groups is 2. The first kappa shape index (κ1) is 31.4. The number of thiophene rings is 1. The summed E-state index contributed by atoms with van der Waals surface area (Å²) in [6.07, 6.45) is 8.13. The Morgan fingerprint density at radius 2 is 1.83 bits per heavy atom. The lowest BCUT2D eigenvalue weighted by Crippen LogP contribution is -2.43. The first-order chi connectivity index (χ1) is 19.8. The molecule has 3 N–H and O–H groups in total. The average Bonchev–Trinajstić information content (AvgIpc) is 3.35. The minimum Gasteiger partial charge on any atom is -0.396 e. The molecule has 1 unspecified atom stereocenters. The Balaban J connectivity index is 0.000000216. The molecule has 3 aromatic rings. The number of aliphatic hydroxyl groups excluding tert-OH is 1. The molecule has 8 nitrogen and oxygen atoms in total. The van der Waals surface area contributed by atoms with E-state index in [9.17, 15) is 9.59 Å². The van der Waals surface area contributed by atoms with Gasteiger partial charge in [0.1, 0.15) is 10.5 Å². The molecule has 42 heavy (non-hydrogen) atoms. The topological polar surface area (TPSA) is 107 Å². The highest BCUT2D eigenvalue weighted by molar-refractivity contribution is 7.20. The normalized spacial score (nSPS) is 16.7. The van der Waals surface area contributed by atoms with Crippen molar-refractivity contribution in [3.05, 3.63) is 70.9 Å². The fraction of sp³-hybridized carbons (Fsp3) is 0.455. The summed E-state index contributed by atoms with van der Waals surface area (Å²) in [5, 5.41) is 21.8. The molecule has 5 rings (SSSR count). The quantitative estimate of drug-likeness (QED) is 0.319. The van der Waals surface area contributed by atoms with Gasteiger partial charge in [0.25, 0.3) is 11.8 Å². The zero-order valence-corrected chi connectivity index (χ0v) is 26.3. The average molecular weight is 590 g/mol. The minimum absolute atomic E-state index is 0.0584. The highest BCUT2D eigenvalue weighted by atomic mass is 32.1. The Morgan fingerprint density at radius 1 is 1.10 bits per heavy atom. The van der Waals surface area contributed by atoms with E-state index in [2.05, 4.69) is 42.6 Å². The fourth-order valence-corrected chi connectivity index (χ4v) is 6.06. The first-order valence-corrected chi connectivity index (χ1v) is 15.4. The Morgan fingerprint density at radius 3 is 2.50 bits per heavy atom. The van der Waals surface area contributed by atoms with Gasteiger partial charge in [-0.1, -0.05) is 45.0 Å². The summed E-state index contributed by atoms with van der Waals surface area (Å²) >= 11 is 1.46. The van der Waals surface area contributed by atoms with Crippen LogP contribution >= 0.6 is 11.3 Å². The molecule has 2 aliphatic rings. The van der Waals surface area contributed by atoms with Gasteiger partial charge in [0.2, 0.25) is 0 Å². The summed E-state index contributed by atoms with van der Waals surface area (Å²) in [4.78, 5) is 30.9. The van der Waals surface area contributed by atoms with Crippen molar-refractivity contribution in [3.8, 4) is 0 Å². The van der Waals surface area contributed by atoms with Gasteiger partial charge in [-0.15, -0.1) is 11.3 Å². The Labute approximate surface area is 252 Å². The smallest absolute Gasteiger partial charge is 0.272 e. The van der Waals surface area contributed by atoms with Gasteiger partial charge in [-0.2, -0.15) is 5.10 Å². The van der Waals surface area contributed by atoms with Crippen LogP contribution in [0.15, 0.2) is 59.8 Å². The second kappa shape index (κ2) is 13.2. The molecule has 0 saturated heterocycles. The lowest BCUT2D eigenvalue weighted by Gasteiger charge is -2.34. The molecule has 9 heteroatoms. The van der Waals surface area contributed by atoms with Crippen molar-refractivity contribution in [2.75, 3.05) is 19.0 Å². The van der Waals surface area contributed by atoms with Crippen LogP contribution in [0.1, 0.15) is 74.8 Å². The van der Waals surface area contributed by atoms with E-state index in [1.807, 2.05) is 62.5 Å². The van der Waals surface area contributed by atoms with E-state index in [0.29, 0.717) is 34.8 Å². The molecular formula is C33H43N5O3S. The van der Waals surface area contributed by atoms with E-state index < -0.39 is 5.54 Å². The van der Waals surface area contributed by atoms with Crippen LogP contribution in [-0.4, -0.2) is 51.8 Å². The third kappa shape index (κ3) is 8.26. The van der Waals surface area contributed by atoms with Crippen molar-refractivity contribution in [2.24, 2.45) is 16.4 Å². The monoisotopic (exact) mass is 589 g/mol. The maximum Gasteiger partial charge on any atom is 0.272 e. The maximum absolute atomic E-state index is 12.6. The number of amides is 2. The third-order valence-corrected chi connectivity index (χ3v) is 8.76. The number of aryl methyl sites for hydroxylation is 1. The molecule has 2 amide bonds. The van der Waals surface area contributed by atoms with Gasteiger partial charge in [-0.25, -0.2) is 4.98 Å². The number of aliphatic hydroxyl groups is 1. The van der Waals surface area contributed by atoms with Crippen LogP contribution in [0, 0.1) is 11.3 Å². The number of carbonyl (C=O) groups excluding carboxylic acids is 2. The van der Waals surface area contributed by atoms with E-state index in [1.165, 1.54) is 29.0 Å². The van der Waals surface area contributed by atoms with Gasteiger partial charge in [0, 0.05) is 48.6 Å². The number of benzene rings is 1. The fourth-order valence-electron chi connectivity index (χ4n) is 5.13. The molecule has 0 fully saturated rings. The molecule has 0 saturated carbocycles. The van der Waals surface area contributed by atoms with Gasteiger partial charge in [0.05, 0.1) is 4.88 Å². The summed E-state index contributed by atoms with van der Waals surface area (Å²) in [5.41, 5.74) is 3.74. The number of pyridine rings is 1. The van der Waals surface area contributed by atoms with Gasteiger partial charge < -0.3 is 15.7 Å². The van der Waals surface area contributed by atoms with E-state index in [1.54, 1.807) is 12.1 Å². The molecule has 2 aromatic heterocycles. The summed E-state index contributed by atoms with van der Waals surface area (Å²) in [6, 6.07) is 13.6. The zero-order chi connectivity index (χ0) is 30.5. The van der Waals surface area contributed by atoms with E-state index in [0.717, 1.165) is 28.7 Å². The molecule has 1 atom stereocenters. The van der Waals surface area contributed by atoms with Crippen LogP contribution in [0.25, 0.3) is 10.2 Å². The van der Waals surface area contributed by atoms with Crippen molar-refractivity contribution < 1.29 is 14.7 Å². The van der Waals surface area contributed by atoms with Crippen LogP contribution in [0.2, 0.25) is 0 Å². The molecule has 224 valence electrons. The Hall–Kier alpha value is -3.56. The first-order valence-electron chi connectivity index (χ1n) is 14.5. The molecule has 0 radical (unpaired) electrons. The third-order valence-electron chi connectivity index (χ3n) is 7.71. The van der Waals surface area contributed by atoms with Crippen LogP contribution in [0.3, 0.4) is 0 Å². The Kier molecular flexibility index (Phi) is 9.84. The number of hydrogen-bond acceptors (Lipinski definition) is 7. The second-order valence-corrected chi connectivity index (χ2v) is 13.8. The maximum atomic E-state index is 12.6. The van der Waals surface area contributed by atoms with Crippen LogP contribution in [0.5, 0.6) is 0 Å². The van der Waals surface area contributed by atoms with Gasteiger partial charge >= 0.3 is 0 Å². The standard InChI is InChI=1S/C21H30N2O2S.C12H13N3O/c1-20(2,3)15-6-7-16-13(11-15)10-14-12-17(26-19(14)22-16)18(25)23-21(4,5)8-9-24;1-15-9-5-8-11(14-15)12(16)13-10-6-3-2-4-7-10/h10,12,15,24H,6-9,11H2,1-5H3,(H,23,25);2-7,9H,8H2,1H3,(H,13,16). The molecule has 0 bridgehead atoms. The minimum atomic E-state index is -0.422. The number of hydrogen-bond donors (Lipinski definition) is 3. The van der Waals surface area contributed by atoms with Crippen molar-refractivity contribution in [1.29, 1.82) is 0 Å². The molecular weight excluding hydrogens is 546 g/mol. The van der Waals surface area contributed by atoms with Crippen molar-refractivity contribution in [2.45, 2.75) is 72.3 Å². The van der Waals surface area contributed by atoms with E-state index >= 15 is 0 Å². The number of anilines is 1. The number of allylic oxidation sites excluding steroid dienone is 1. The number of nitrogens with one attached hydrogen (secondary N) is 2. The predicted octanol–water partition coefficient (Wildman–Crippen LogP) is 6.17. The SMILES string of the molecule is CC(C)(CCO)NC(=O)c1cc2cc3c(nc2s1)CCC(C(C)(C)C)C3.CN1C=CCC(C(=O)Nc2ccccc2)=N1. The summed E-state index contributed by atoms with van der Waals surface area (Å²) in [5.74, 6) is 0.439. The molecule has 3 heterocycles. The highest BCUT2D eigenvalue weighted by Crippen LogP contribution is 2.38. The van der Waals surface area contributed by atoms with E-state index in [-0.39, 0.29) is 18.4 Å². The van der Waals surface area contributed by atoms with Gasteiger partial charge in [0.15, 0.2) is 0 Å². The summed E-state index contributed by atoms with van der Waals surface area (Å²) in [7, 11) is 1.80. The molecule has 1 aromatic carbocycles. The zero-order valence-electron chi connectivity index (χ0n) is 25.5. The number of nitrogens with zero attached hydrogens (tertiary/aromatic N) is 3. The second-order valence-electron chi connectivity index (χ2n) is 12.7. The van der Waals surface area contributed by atoms with Gasteiger partial charge in [-0.3, -0.25) is 14.6 Å². The number of para-hydroxylation sites is 1. The van der Waals surface area contributed by atoms with Crippen LogP contribution in [-0.2, 0) is 17.6 Å². The van der Waals surface area contributed by atoms with Gasteiger partial charge in [-0.05, 0) is 80.7 Å². The van der Waals surface area contributed by atoms with Crippen LogP contribution < -0.4 is 10.6 Å². The summed E-state index contributed by atoms with van der Waals surface area (Å²) in [6.45, 7) is 10.9. The summed E-state index contributed by atoms with van der Waals surface area (Å²) < 4.78 is 0. The lowest BCUT2D eigenvalue weighted by molar-refractivity contribution is -0.110. The van der Waals surface area contributed by atoms with Crippen LogP contribution in [0.4, 0.5) is 5.69 Å². The molecule has 1 aliphatic carbocycles. The molecule has 1 aliphatic heterocycles.